The van der Waals surface area contributed by atoms with E-state index in [1.165, 1.54) is 5.56 Å². The Labute approximate surface area is 125 Å². The Balaban J connectivity index is 2.67. The molecule has 0 aliphatic carbocycles. The number of rotatable bonds is 4. The maximum atomic E-state index is 12.5. The van der Waals surface area contributed by atoms with Crippen LogP contribution in [0.4, 0.5) is 0 Å². The van der Waals surface area contributed by atoms with E-state index in [4.69, 9.17) is 0 Å². The number of aromatic nitrogens is 1. The van der Waals surface area contributed by atoms with Gasteiger partial charge in [-0.2, -0.15) is 0 Å². The summed E-state index contributed by atoms with van der Waals surface area (Å²) in [5.74, 6) is 0.362. The Bertz CT molecular complexity index is 699. The van der Waals surface area contributed by atoms with Crippen LogP contribution in [0.3, 0.4) is 0 Å². The lowest BCUT2D eigenvalue weighted by Crippen LogP contribution is -2.27. The number of hydrogen-bond acceptors (Lipinski definition) is 2. The molecule has 0 saturated heterocycles. The normalized spacial score (nSPS) is 11.1. The van der Waals surface area contributed by atoms with Crippen LogP contribution in [0.25, 0.3) is 11.3 Å². The molecule has 2 rings (SSSR count). The maximum Gasteiger partial charge on any atom is 0.256 e. The molecule has 112 valence electrons. The number of benzene rings is 1. The van der Waals surface area contributed by atoms with Gasteiger partial charge >= 0.3 is 0 Å². The van der Waals surface area contributed by atoms with E-state index in [2.05, 4.69) is 45.9 Å². The smallest absolute Gasteiger partial charge is 0.256 e. The van der Waals surface area contributed by atoms with Crippen LogP contribution in [0.15, 0.2) is 35.1 Å². The first kappa shape index (κ1) is 15.5. The van der Waals surface area contributed by atoms with Gasteiger partial charge in [-0.25, -0.2) is 0 Å². The van der Waals surface area contributed by atoms with E-state index in [0.29, 0.717) is 18.0 Å². The molecule has 0 radical (unpaired) electrons. The monoisotopic (exact) mass is 285 g/mol. The summed E-state index contributed by atoms with van der Waals surface area (Å²) in [6.45, 7) is 8.73. The maximum absolute atomic E-state index is 12.5. The van der Waals surface area contributed by atoms with Gasteiger partial charge in [0.25, 0.3) is 5.56 Å². The van der Waals surface area contributed by atoms with Crippen LogP contribution in [0, 0.1) is 19.8 Å². The molecular weight excluding hydrogens is 262 g/mol. The molecule has 0 bridgehead atoms. The summed E-state index contributed by atoms with van der Waals surface area (Å²) in [6, 6.07) is 9.92. The zero-order valence-corrected chi connectivity index (χ0v) is 13.2. The van der Waals surface area contributed by atoms with Crippen molar-refractivity contribution in [2.45, 2.75) is 40.8 Å². The van der Waals surface area contributed by atoms with Gasteiger partial charge in [0.15, 0.2) is 0 Å². The number of pyridine rings is 1. The number of nitrogens with zero attached hydrogens (tertiary/aromatic N) is 1. The number of aliphatic hydroxyl groups is 1. The zero-order valence-electron chi connectivity index (χ0n) is 13.2. The molecule has 3 heteroatoms. The van der Waals surface area contributed by atoms with Gasteiger partial charge in [-0.15, -0.1) is 0 Å². The van der Waals surface area contributed by atoms with Gasteiger partial charge in [0.1, 0.15) is 0 Å². The third kappa shape index (κ3) is 3.24. The van der Waals surface area contributed by atoms with Crippen LogP contribution in [0.1, 0.15) is 30.5 Å². The van der Waals surface area contributed by atoms with E-state index >= 15 is 0 Å². The quantitative estimate of drug-likeness (QED) is 0.936. The second-order valence-corrected chi connectivity index (χ2v) is 6.03. The minimum atomic E-state index is -0.218. The molecule has 0 spiro atoms. The molecule has 0 aliphatic rings. The van der Waals surface area contributed by atoms with Crippen LogP contribution in [0.2, 0.25) is 0 Å². The molecule has 0 saturated carbocycles. The Morgan fingerprint density at radius 2 is 1.86 bits per heavy atom. The predicted octanol–water partition coefficient (Wildman–Crippen LogP) is 3.28. The van der Waals surface area contributed by atoms with Crippen molar-refractivity contribution in [1.82, 2.24) is 4.57 Å². The molecular formula is C18H23NO2. The average Bonchev–Trinajstić information content (AvgIpc) is 2.41. The Hall–Kier alpha value is -1.87. The van der Waals surface area contributed by atoms with Crippen LogP contribution in [0.5, 0.6) is 0 Å². The molecule has 1 aromatic carbocycles. The van der Waals surface area contributed by atoms with Crippen molar-refractivity contribution in [2.75, 3.05) is 0 Å². The first-order valence-corrected chi connectivity index (χ1v) is 7.35. The summed E-state index contributed by atoms with van der Waals surface area (Å²) in [5, 5.41) is 9.32. The molecule has 0 fully saturated rings. The summed E-state index contributed by atoms with van der Waals surface area (Å²) in [6.07, 6.45) is 0. The molecule has 2 aromatic rings. The van der Waals surface area contributed by atoms with Crippen LogP contribution < -0.4 is 5.56 Å². The summed E-state index contributed by atoms with van der Waals surface area (Å²) >= 11 is 0. The first-order chi connectivity index (χ1) is 9.93. The molecule has 1 N–H and O–H groups in total. The molecule has 0 unspecified atom stereocenters. The lowest BCUT2D eigenvalue weighted by molar-refractivity contribution is 0.279. The summed E-state index contributed by atoms with van der Waals surface area (Å²) in [7, 11) is 0. The van der Waals surface area contributed by atoms with Crippen molar-refractivity contribution in [1.29, 1.82) is 0 Å². The summed E-state index contributed by atoms with van der Waals surface area (Å²) in [4.78, 5) is 12.5. The van der Waals surface area contributed by atoms with E-state index in [9.17, 15) is 9.90 Å². The molecule has 1 heterocycles. The van der Waals surface area contributed by atoms with Crippen molar-refractivity contribution >= 4 is 0 Å². The van der Waals surface area contributed by atoms with Gasteiger partial charge in [-0.1, -0.05) is 37.6 Å². The standard InChI is InChI=1S/C18H23NO2/c1-12(2)10-19-17(8-6-15(11-20)18(19)21)16-7-5-13(3)9-14(16)4/h5-9,12,20H,10-11H2,1-4H3. The summed E-state index contributed by atoms with van der Waals surface area (Å²) in [5.41, 5.74) is 4.71. The SMILES string of the molecule is Cc1ccc(-c2ccc(CO)c(=O)n2CC(C)C)c(C)c1. The Morgan fingerprint density at radius 3 is 2.43 bits per heavy atom. The third-order valence-electron chi connectivity index (χ3n) is 3.63. The molecule has 1 aromatic heterocycles. The van der Waals surface area contributed by atoms with Crippen LogP contribution in [-0.2, 0) is 13.2 Å². The van der Waals surface area contributed by atoms with Gasteiger partial charge in [0, 0.05) is 17.7 Å². The largest absolute Gasteiger partial charge is 0.391 e. The predicted molar refractivity (Wildman–Crippen MR) is 86.4 cm³/mol. The minimum absolute atomic E-state index is 0.0938. The third-order valence-corrected chi connectivity index (χ3v) is 3.63. The number of aliphatic hydroxyl groups excluding tert-OH is 1. The van der Waals surface area contributed by atoms with Crippen molar-refractivity contribution in [3.63, 3.8) is 0 Å². The fourth-order valence-electron chi connectivity index (χ4n) is 2.63. The molecule has 3 nitrogen and oxygen atoms in total. The lowest BCUT2D eigenvalue weighted by Gasteiger charge is -2.18. The van der Waals surface area contributed by atoms with E-state index in [-0.39, 0.29) is 12.2 Å². The van der Waals surface area contributed by atoms with Gasteiger partial charge in [0.05, 0.1) is 12.3 Å². The highest BCUT2D eigenvalue weighted by Gasteiger charge is 2.13. The van der Waals surface area contributed by atoms with Crippen molar-refractivity contribution in [2.24, 2.45) is 5.92 Å². The molecule has 21 heavy (non-hydrogen) atoms. The second kappa shape index (κ2) is 6.27. The Kier molecular flexibility index (Phi) is 4.63. The molecule has 0 amide bonds. The van der Waals surface area contributed by atoms with Crippen molar-refractivity contribution in [3.8, 4) is 11.3 Å². The van der Waals surface area contributed by atoms with Gasteiger partial charge in [-0.3, -0.25) is 4.79 Å². The topological polar surface area (TPSA) is 42.2 Å². The van der Waals surface area contributed by atoms with Gasteiger partial charge < -0.3 is 9.67 Å². The highest BCUT2D eigenvalue weighted by atomic mass is 16.3. The minimum Gasteiger partial charge on any atom is -0.391 e. The fraction of sp³-hybridized carbons (Fsp3) is 0.389. The van der Waals surface area contributed by atoms with Crippen LogP contribution >= 0.6 is 0 Å². The summed E-state index contributed by atoms with van der Waals surface area (Å²) < 4.78 is 1.79. The van der Waals surface area contributed by atoms with E-state index in [1.54, 1.807) is 10.6 Å². The van der Waals surface area contributed by atoms with Gasteiger partial charge in [-0.05, 0) is 37.5 Å². The highest BCUT2D eigenvalue weighted by Crippen LogP contribution is 2.24. The van der Waals surface area contributed by atoms with Crippen molar-refractivity contribution < 1.29 is 5.11 Å². The first-order valence-electron chi connectivity index (χ1n) is 7.35. The number of aryl methyl sites for hydroxylation is 2. The molecule has 0 atom stereocenters. The lowest BCUT2D eigenvalue weighted by atomic mass is 10.0. The molecule has 0 aliphatic heterocycles. The van der Waals surface area contributed by atoms with Crippen molar-refractivity contribution in [3.05, 3.63) is 57.4 Å². The van der Waals surface area contributed by atoms with Crippen LogP contribution in [-0.4, -0.2) is 9.67 Å². The fourth-order valence-corrected chi connectivity index (χ4v) is 2.63. The average molecular weight is 285 g/mol. The van der Waals surface area contributed by atoms with E-state index in [1.807, 2.05) is 6.07 Å². The second-order valence-electron chi connectivity index (χ2n) is 6.03. The van der Waals surface area contributed by atoms with E-state index in [0.717, 1.165) is 16.8 Å². The number of hydrogen-bond donors (Lipinski definition) is 1. The van der Waals surface area contributed by atoms with E-state index < -0.39 is 0 Å². The Morgan fingerprint density at radius 1 is 1.14 bits per heavy atom. The highest BCUT2D eigenvalue weighted by molar-refractivity contribution is 5.64. The van der Waals surface area contributed by atoms with Gasteiger partial charge in [0.2, 0.25) is 0 Å². The zero-order chi connectivity index (χ0) is 15.6.